The highest BCUT2D eigenvalue weighted by atomic mass is 32.1. The van der Waals surface area contributed by atoms with Crippen LogP contribution in [-0.2, 0) is 6.54 Å². The minimum atomic E-state index is -0.248. The van der Waals surface area contributed by atoms with E-state index in [0.717, 1.165) is 30.3 Å². The molecule has 1 rings (SSSR count). The van der Waals surface area contributed by atoms with Gasteiger partial charge >= 0.3 is 0 Å². The van der Waals surface area contributed by atoms with E-state index in [2.05, 4.69) is 31.1 Å². The van der Waals surface area contributed by atoms with Crippen LogP contribution in [0.5, 0.6) is 0 Å². The summed E-state index contributed by atoms with van der Waals surface area (Å²) in [6, 6.07) is 0. The van der Waals surface area contributed by atoms with Crippen molar-refractivity contribution in [2.75, 3.05) is 25.5 Å². The van der Waals surface area contributed by atoms with Crippen LogP contribution >= 0.6 is 11.3 Å². The summed E-state index contributed by atoms with van der Waals surface area (Å²) in [5.74, 6) is 0. The second-order valence-electron chi connectivity index (χ2n) is 6.22. The van der Waals surface area contributed by atoms with E-state index in [9.17, 15) is 5.11 Å². The smallest absolute Gasteiger partial charge is 0.185 e. The predicted octanol–water partition coefficient (Wildman–Crippen LogP) is 2.40. The van der Waals surface area contributed by atoms with E-state index in [0.29, 0.717) is 0 Å². The summed E-state index contributed by atoms with van der Waals surface area (Å²) in [6.45, 7) is 10.0. The molecule has 1 aromatic rings. The number of nitrogens with zero attached hydrogens (tertiary/aromatic N) is 2. The van der Waals surface area contributed by atoms with E-state index in [1.807, 2.05) is 25.9 Å². The molecule has 0 saturated carbocycles. The largest absolute Gasteiger partial charge is 0.393 e. The monoisotopic (exact) mass is 285 g/mol. The molecule has 0 saturated heterocycles. The van der Waals surface area contributed by atoms with Crippen molar-refractivity contribution in [1.29, 1.82) is 0 Å². The minimum absolute atomic E-state index is 0.108. The molecule has 0 aromatic carbocycles. The highest BCUT2D eigenvalue weighted by molar-refractivity contribution is 7.15. The first-order chi connectivity index (χ1) is 8.71. The van der Waals surface area contributed by atoms with Crippen LogP contribution in [0.3, 0.4) is 0 Å². The van der Waals surface area contributed by atoms with E-state index in [1.54, 1.807) is 11.3 Å². The molecule has 5 heteroatoms. The molecule has 2 N–H and O–H groups in total. The first-order valence-electron chi connectivity index (χ1n) is 6.74. The standard InChI is InChI=1S/C14H27N3OS/c1-10(18)7-14(3,4)9-15-8-12-11(2)16-13(19-12)17(5)6/h10,15,18H,7-9H2,1-6H3. The number of thiazole rings is 1. The topological polar surface area (TPSA) is 48.4 Å². The first-order valence-corrected chi connectivity index (χ1v) is 7.55. The Balaban J connectivity index is 2.49. The van der Waals surface area contributed by atoms with E-state index in [4.69, 9.17) is 0 Å². The molecule has 0 spiro atoms. The molecule has 1 aromatic heterocycles. The zero-order valence-corrected chi connectivity index (χ0v) is 13.8. The summed E-state index contributed by atoms with van der Waals surface area (Å²) < 4.78 is 0. The van der Waals surface area contributed by atoms with Crippen LogP contribution in [0, 0.1) is 12.3 Å². The number of nitrogens with one attached hydrogen (secondary N) is 1. The van der Waals surface area contributed by atoms with Crippen LogP contribution in [0.25, 0.3) is 0 Å². The highest BCUT2D eigenvalue weighted by Crippen LogP contribution is 2.25. The lowest BCUT2D eigenvalue weighted by Gasteiger charge is -2.26. The van der Waals surface area contributed by atoms with Gasteiger partial charge in [-0.25, -0.2) is 4.98 Å². The van der Waals surface area contributed by atoms with Gasteiger partial charge in [-0.1, -0.05) is 13.8 Å². The number of aliphatic hydroxyl groups excluding tert-OH is 1. The molecule has 0 fully saturated rings. The molecule has 1 unspecified atom stereocenters. The lowest BCUT2D eigenvalue weighted by Crippen LogP contribution is -2.31. The normalized spacial score (nSPS) is 13.6. The van der Waals surface area contributed by atoms with Crippen molar-refractivity contribution in [2.24, 2.45) is 5.41 Å². The average molecular weight is 285 g/mol. The lowest BCUT2D eigenvalue weighted by atomic mass is 9.87. The van der Waals surface area contributed by atoms with Crippen LogP contribution in [0.2, 0.25) is 0 Å². The zero-order valence-electron chi connectivity index (χ0n) is 12.9. The Labute approximate surface area is 120 Å². The summed E-state index contributed by atoms with van der Waals surface area (Å²) in [6.07, 6.45) is 0.562. The van der Waals surface area contributed by atoms with Crippen molar-refractivity contribution in [3.05, 3.63) is 10.6 Å². The van der Waals surface area contributed by atoms with Gasteiger partial charge in [0.25, 0.3) is 0 Å². The molecule has 4 nitrogen and oxygen atoms in total. The molecule has 1 heterocycles. The molecule has 0 aliphatic heterocycles. The number of aryl methyl sites for hydroxylation is 1. The second kappa shape index (κ2) is 6.68. The third-order valence-corrected chi connectivity index (χ3v) is 4.33. The third kappa shape index (κ3) is 5.47. The Morgan fingerprint density at radius 1 is 1.42 bits per heavy atom. The van der Waals surface area contributed by atoms with Gasteiger partial charge in [0.15, 0.2) is 5.13 Å². The molecule has 1 atom stereocenters. The number of rotatable bonds is 7. The number of aromatic nitrogens is 1. The van der Waals surface area contributed by atoms with Gasteiger partial charge in [-0.3, -0.25) is 0 Å². The summed E-state index contributed by atoms with van der Waals surface area (Å²) >= 11 is 1.74. The second-order valence-corrected chi connectivity index (χ2v) is 7.28. The van der Waals surface area contributed by atoms with Crippen molar-refractivity contribution < 1.29 is 5.11 Å². The molecule has 0 aliphatic rings. The maximum Gasteiger partial charge on any atom is 0.185 e. The van der Waals surface area contributed by atoms with E-state index >= 15 is 0 Å². The number of aliphatic hydroxyl groups is 1. The van der Waals surface area contributed by atoms with Crippen molar-refractivity contribution in [3.63, 3.8) is 0 Å². The van der Waals surface area contributed by atoms with Gasteiger partial charge in [-0.05, 0) is 25.7 Å². The maximum atomic E-state index is 9.47. The van der Waals surface area contributed by atoms with Gasteiger partial charge in [0.05, 0.1) is 11.8 Å². The zero-order chi connectivity index (χ0) is 14.6. The molecule has 0 amide bonds. The van der Waals surface area contributed by atoms with Crippen LogP contribution in [-0.4, -0.2) is 36.8 Å². The van der Waals surface area contributed by atoms with Gasteiger partial charge in [0.1, 0.15) is 0 Å². The van der Waals surface area contributed by atoms with Gasteiger partial charge in [-0.2, -0.15) is 0 Å². The van der Waals surface area contributed by atoms with Crippen LogP contribution in [0.4, 0.5) is 5.13 Å². The predicted molar refractivity (Wildman–Crippen MR) is 83.0 cm³/mol. The average Bonchev–Trinajstić information content (AvgIpc) is 2.58. The van der Waals surface area contributed by atoms with Crippen LogP contribution < -0.4 is 10.2 Å². The van der Waals surface area contributed by atoms with Crippen molar-refractivity contribution in [1.82, 2.24) is 10.3 Å². The van der Waals surface area contributed by atoms with Crippen molar-refractivity contribution in [3.8, 4) is 0 Å². The highest BCUT2D eigenvalue weighted by Gasteiger charge is 2.20. The SMILES string of the molecule is Cc1nc(N(C)C)sc1CNCC(C)(C)CC(C)O. The first kappa shape index (κ1) is 16.4. The van der Waals surface area contributed by atoms with E-state index in [1.165, 1.54) is 4.88 Å². The molecule has 0 radical (unpaired) electrons. The number of hydrogen-bond acceptors (Lipinski definition) is 5. The number of hydrogen-bond donors (Lipinski definition) is 2. The van der Waals surface area contributed by atoms with Gasteiger partial charge < -0.3 is 15.3 Å². The molecule has 0 aliphatic carbocycles. The quantitative estimate of drug-likeness (QED) is 0.808. The van der Waals surface area contributed by atoms with E-state index in [-0.39, 0.29) is 11.5 Å². The Morgan fingerprint density at radius 3 is 2.53 bits per heavy atom. The third-order valence-electron chi connectivity index (χ3n) is 3.00. The molecular formula is C14H27N3OS. The Morgan fingerprint density at radius 2 is 2.05 bits per heavy atom. The summed E-state index contributed by atoms with van der Waals surface area (Å²) in [5.41, 5.74) is 1.21. The summed E-state index contributed by atoms with van der Waals surface area (Å²) in [4.78, 5) is 7.87. The minimum Gasteiger partial charge on any atom is -0.393 e. The molecule has 0 bridgehead atoms. The van der Waals surface area contributed by atoms with Crippen LogP contribution in [0.15, 0.2) is 0 Å². The van der Waals surface area contributed by atoms with E-state index < -0.39 is 0 Å². The maximum absolute atomic E-state index is 9.47. The lowest BCUT2D eigenvalue weighted by molar-refractivity contribution is 0.128. The van der Waals surface area contributed by atoms with Crippen molar-refractivity contribution >= 4 is 16.5 Å². The fourth-order valence-corrected chi connectivity index (χ4v) is 3.11. The van der Waals surface area contributed by atoms with Gasteiger partial charge in [-0.15, -0.1) is 11.3 Å². The fourth-order valence-electron chi connectivity index (χ4n) is 2.15. The van der Waals surface area contributed by atoms with Crippen molar-refractivity contribution in [2.45, 2.75) is 46.8 Å². The molecular weight excluding hydrogens is 258 g/mol. The van der Waals surface area contributed by atoms with Gasteiger partial charge in [0.2, 0.25) is 0 Å². The summed E-state index contributed by atoms with van der Waals surface area (Å²) in [7, 11) is 4.03. The Hall–Kier alpha value is -0.650. The Bertz CT molecular complexity index is 399. The molecule has 19 heavy (non-hydrogen) atoms. The summed E-state index contributed by atoms with van der Waals surface area (Å²) in [5, 5.41) is 14.0. The molecule has 110 valence electrons. The van der Waals surface area contributed by atoms with Gasteiger partial charge in [0, 0.05) is 32.1 Å². The fraction of sp³-hybridized carbons (Fsp3) is 0.786. The van der Waals surface area contributed by atoms with Crippen LogP contribution in [0.1, 0.15) is 37.8 Å². The Kier molecular flexibility index (Phi) is 5.77. The number of anilines is 1.